The summed E-state index contributed by atoms with van der Waals surface area (Å²) in [6.07, 6.45) is 2.84. The fraction of sp³-hybridized carbons (Fsp3) is 0.286. The van der Waals surface area contributed by atoms with Crippen molar-refractivity contribution < 1.29 is 37.3 Å². The van der Waals surface area contributed by atoms with E-state index in [2.05, 4.69) is 10.1 Å². The van der Waals surface area contributed by atoms with E-state index in [-0.39, 0.29) is 24.0 Å². The molecule has 1 N–H and O–H groups in total. The molecular formula is C21H23F2NO6. The molecule has 0 bridgehead atoms. The summed E-state index contributed by atoms with van der Waals surface area (Å²) in [4.78, 5) is 12.2. The lowest BCUT2D eigenvalue weighted by molar-refractivity contribution is -0.116. The number of hydrogen-bond donors (Lipinski definition) is 1. The van der Waals surface area contributed by atoms with Crippen LogP contribution in [-0.4, -0.2) is 41.0 Å². The van der Waals surface area contributed by atoms with Gasteiger partial charge in [-0.3, -0.25) is 4.79 Å². The summed E-state index contributed by atoms with van der Waals surface area (Å²) in [5.41, 5.74) is 1.28. The molecule has 9 heteroatoms. The number of halogens is 2. The molecule has 0 aliphatic heterocycles. The first-order chi connectivity index (χ1) is 14.4. The van der Waals surface area contributed by atoms with E-state index in [4.69, 9.17) is 18.9 Å². The number of hydrogen-bond acceptors (Lipinski definition) is 6. The zero-order valence-electron chi connectivity index (χ0n) is 17.0. The maximum Gasteiger partial charge on any atom is 0.387 e. The van der Waals surface area contributed by atoms with E-state index in [1.165, 1.54) is 58.8 Å². The molecule has 0 aliphatic carbocycles. The number of carbonyl (C=O) groups excluding carboxylic acids is 1. The topological polar surface area (TPSA) is 75.2 Å². The molecule has 0 heterocycles. The van der Waals surface area contributed by atoms with E-state index in [0.717, 1.165) is 0 Å². The van der Waals surface area contributed by atoms with Gasteiger partial charge in [-0.25, -0.2) is 0 Å². The van der Waals surface area contributed by atoms with Gasteiger partial charge in [0.2, 0.25) is 5.91 Å². The van der Waals surface area contributed by atoms with Crippen molar-refractivity contribution in [2.24, 2.45) is 0 Å². The Labute approximate surface area is 173 Å². The molecule has 0 aromatic heterocycles. The van der Waals surface area contributed by atoms with E-state index in [9.17, 15) is 13.6 Å². The second-order valence-electron chi connectivity index (χ2n) is 5.86. The molecule has 0 atom stereocenters. The first-order valence-electron chi connectivity index (χ1n) is 8.79. The summed E-state index contributed by atoms with van der Waals surface area (Å²) in [5, 5.41) is 2.74. The van der Waals surface area contributed by atoms with Crippen LogP contribution in [0.5, 0.6) is 28.7 Å². The van der Waals surface area contributed by atoms with Crippen LogP contribution in [0.4, 0.5) is 8.78 Å². The second-order valence-corrected chi connectivity index (χ2v) is 5.86. The lowest BCUT2D eigenvalue weighted by Crippen LogP contribution is -2.20. The number of benzene rings is 2. The van der Waals surface area contributed by atoms with Crippen LogP contribution in [0.15, 0.2) is 36.4 Å². The standard InChI is InChI=1S/C21H23F2NO6/c1-26-16-11-19(29-4)18(28-3)10-14(16)12-24-20(25)8-6-13-5-7-15(30-21(22)23)17(9-13)27-2/h5-11,21H,12H2,1-4H3,(H,24,25)/b8-6+. The van der Waals surface area contributed by atoms with Gasteiger partial charge in [-0.1, -0.05) is 6.07 Å². The van der Waals surface area contributed by atoms with Gasteiger partial charge in [-0.05, 0) is 29.8 Å². The molecule has 0 spiro atoms. The molecule has 30 heavy (non-hydrogen) atoms. The minimum Gasteiger partial charge on any atom is -0.496 e. The van der Waals surface area contributed by atoms with Crippen molar-refractivity contribution in [2.75, 3.05) is 28.4 Å². The Morgan fingerprint density at radius 1 is 0.900 bits per heavy atom. The molecule has 2 aromatic carbocycles. The highest BCUT2D eigenvalue weighted by atomic mass is 19.3. The maximum atomic E-state index is 12.4. The number of ether oxygens (including phenoxy) is 5. The van der Waals surface area contributed by atoms with Gasteiger partial charge in [-0.2, -0.15) is 8.78 Å². The van der Waals surface area contributed by atoms with Gasteiger partial charge in [0.15, 0.2) is 23.0 Å². The van der Waals surface area contributed by atoms with Crippen molar-refractivity contribution in [3.05, 3.63) is 47.5 Å². The summed E-state index contributed by atoms with van der Waals surface area (Å²) in [6, 6.07) is 7.75. The van der Waals surface area contributed by atoms with Gasteiger partial charge in [0, 0.05) is 24.3 Å². The molecule has 2 aromatic rings. The van der Waals surface area contributed by atoms with Crippen LogP contribution in [-0.2, 0) is 11.3 Å². The molecule has 0 saturated carbocycles. The van der Waals surface area contributed by atoms with Gasteiger partial charge in [0.1, 0.15) is 5.75 Å². The highest BCUT2D eigenvalue weighted by Crippen LogP contribution is 2.34. The molecule has 0 fully saturated rings. The van der Waals surface area contributed by atoms with Crippen molar-refractivity contribution in [1.29, 1.82) is 0 Å². The van der Waals surface area contributed by atoms with Crippen molar-refractivity contribution in [2.45, 2.75) is 13.2 Å². The van der Waals surface area contributed by atoms with Crippen LogP contribution in [0.25, 0.3) is 6.08 Å². The smallest absolute Gasteiger partial charge is 0.387 e. The van der Waals surface area contributed by atoms with E-state index in [1.807, 2.05) is 0 Å². The normalized spacial score (nSPS) is 10.8. The molecule has 0 unspecified atom stereocenters. The fourth-order valence-corrected chi connectivity index (χ4v) is 2.62. The Kier molecular flexibility index (Phi) is 8.28. The predicted octanol–water partition coefficient (Wildman–Crippen LogP) is 3.65. The van der Waals surface area contributed by atoms with Crippen LogP contribution >= 0.6 is 0 Å². The van der Waals surface area contributed by atoms with E-state index < -0.39 is 6.61 Å². The molecule has 7 nitrogen and oxygen atoms in total. The fourth-order valence-electron chi connectivity index (χ4n) is 2.62. The van der Waals surface area contributed by atoms with Gasteiger partial charge in [-0.15, -0.1) is 0 Å². The monoisotopic (exact) mass is 423 g/mol. The lowest BCUT2D eigenvalue weighted by Gasteiger charge is -2.14. The molecule has 0 aliphatic rings. The van der Waals surface area contributed by atoms with Crippen molar-refractivity contribution in [3.63, 3.8) is 0 Å². The summed E-state index contributed by atoms with van der Waals surface area (Å²) >= 11 is 0. The number of carbonyl (C=O) groups is 1. The quantitative estimate of drug-likeness (QED) is 0.588. The first-order valence-corrected chi connectivity index (χ1v) is 8.79. The highest BCUT2D eigenvalue weighted by Gasteiger charge is 2.13. The SMILES string of the molecule is COc1cc(OC)c(OC)cc1CNC(=O)/C=C/c1ccc(OC(F)F)c(OC)c1. The summed E-state index contributed by atoms with van der Waals surface area (Å²) in [6.45, 7) is -2.77. The average Bonchev–Trinajstić information content (AvgIpc) is 2.75. The number of alkyl halides is 2. The van der Waals surface area contributed by atoms with Crippen molar-refractivity contribution >= 4 is 12.0 Å². The Morgan fingerprint density at radius 2 is 1.50 bits per heavy atom. The largest absolute Gasteiger partial charge is 0.496 e. The van der Waals surface area contributed by atoms with Crippen molar-refractivity contribution in [1.82, 2.24) is 5.32 Å². The van der Waals surface area contributed by atoms with Gasteiger partial charge in [0.25, 0.3) is 0 Å². The average molecular weight is 423 g/mol. The molecular weight excluding hydrogens is 400 g/mol. The Morgan fingerprint density at radius 3 is 2.10 bits per heavy atom. The van der Waals surface area contributed by atoms with Crippen LogP contribution < -0.4 is 29.0 Å². The molecule has 0 saturated heterocycles. The number of methoxy groups -OCH3 is 4. The first kappa shape index (κ1) is 22.8. The molecule has 1 amide bonds. The summed E-state index contributed by atoms with van der Waals surface area (Å²) < 4.78 is 50.0. The Balaban J connectivity index is 2.07. The van der Waals surface area contributed by atoms with Crippen LogP contribution in [0.3, 0.4) is 0 Å². The van der Waals surface area contributed by atoms with Crippen molar-refractivity contribution in [3.8, 4) is 28.7 Å². The third-order valence-corrected chi connectivity index (χ3v) is 4.07. The zero-order valence-corrected chi connectivity index (χ0v) is 17.0. The minimum atomic E-state index is -2.96. The lowest BCUT2D eigenvalue weighted by atomic mass is 10.1. The second kappa shape index (κ2) is 10.9. The maximum absolute atomic E-state index is 12.4. The Bertz CT molecular complexity index is 901. The third kappa shape index (κ3) is 6.00. The van der Waals surface area contributed by atoms with Crippen LogP contribution in [0, 0.1) is 0 Å². The van der Waals surface area contributed by atoms with Gasteiger partial charge < -0.3 is 29.0 Å². The van der Waals surface area contributed by atoms with Crippen LogP contribution in [0.1, 0.15) is 11.1 Å². The summed E-state index contributed by atoms with van der Waals surface area (Å²) in [5.74, 6) is 1.24. The van der Waals surface area contributed by atoms with E-state index in [1.54, 1.807) is 12.1 Å². The minimum absolute atomic E-state index is 0.0883. The number of rotatable bonds is 10. The Hall–Kier alpha value is -3.49. The predicted molar refractivity (Wildman–Crippen MR) is 107 cm³/mol. The summed E-state index contributed by atoms with van der Waals surface area (Å²) in [7, 11) is 5.89. The third-order valence-electron chi connectivity index (χ3n) is 4.07. The number of nitrogens with one attached hydrogen (secondary N) is 1. The van der Waals surface area contributed by atoms with Gasteiger partial charge >= 0.3 is 6.61 Å². The number of amides is 1. The van der Waals surface area contributed by atoms with Crippen LogP contribution in [0.2, 0.25) is 0 Å². The molecule has 2 rings (SSSR count). The van der Waals surface area contributed by atoms with Gasteiger partial charge in [0.05, 0.1) is 28.4 Å². The molecule has 162 valence electrons. The highest BCUT2D eigenvalue weighted by molar-refractivity contribution is 5.91. The zero-order chi connectivity index (χ0) is 22.1. The van der Waals surface area contributed by atoms with E-state index in [0.29, 0.717) is 28.4 Å². The van der Waals surface area contributed by atoms with E-state index >= 15 is 0 Å². The molecule has 0 radical (unpaired) electrons.